The number of nitrogens with one attached hydrogen (secondary N) is 1. The third-order valence-corrected chi connectivity index (χ3v) is 5.28. The first-order chi connectivity index (χ1) is 7.83. The quantitative estimate of drug-likeness (QED) is 0.869. The molecular formula is C11H20N2O2S2. The van der Waals surface area contributed by atoms with Crippen LogP contribution in [0.25, 0.3) is 0 Å². The maximum absolute atomic E-state index is 12.1. The van der Waals surface area contributed by atoms with E-state index >= 15 is 0 Å². The average molecular weight is 276 g/mol. The van der Waals surface area contributed by atoms with Gasteiger partial charge in [-0.05, 0) is 26.7 Å². The molecule has 1 aromatic rings. The zero-order valence-electron chi connectivity index (χ0n) is 10.8. The molecule has 0 aliphatic heterocycles. The molecule has 0 fully saturated rings. The number of sulfonamides is 1. The molecular weight excluding hydrogens is 256 g/mol. The average Bonchev–Trinajstić information content (AvgIpc) is 2.65. The van der Waals surface area contributed by atoms with Crippen LogP contribution in [0.1, 0.15) is 45.0 Å². The van der Waals surface area contributed by atoms with Gasteiger partial charge in [-0.2, -0.15) is 0 Å². The van der Waals surface area contributed by atoms with E-state index < -0.39 is 10.0 Å². The number of nitrogens with zero attached hydrogens (tertiary/aromatic N) is 1. The van der Waals surface area contributed by atoms with E-state index in [0.29, 0.717) is 0 Å². The van der Waals surface area contributed by atoms with Gasteiger partial charge in [0.15, 0.2) is 5.03 Å². The van der Waals surface area contributed by atoms with E-state index in [1.807, 2.05) is 13.8 Å². The van der Waals surface area contributed by atoms with Gasteiger partial charge in [-0.3, -0.25) is 0 Å². The van der Waals surface area contributed by atoms with E-state index in [1.165, 1.54) is 11.3 Å². The summed E-state index contributed by atoms with van der Waals surface area (Å²) in [6.07, 6.45) is 2.54. The first-order valence-electron chi connectivity index (χ1n) is 5.79. The number of hydrogen-bond acceptors (Lipinski definition) is 4. The van der Waals surface area contributed by atoms with Crippen molar-refractivity contribution in [3.8, 4) is 0 Å². The molecule has 1 rings (SSSR count). The van der Waals surface area contributed by atoms with Gasteiger partial charge >= 0.3 is 0 Å². The highest BCUT2D eigenvalue weighted by molar-refractivity contribution is 7.89. The predicted molar refractivity (Wildman–Crippen MR) is 70.8 cm³/mol. The topological polar surface area (TPSA) is 59.1 Å². The Kier molecular flexibility index (Phi) is 4.69. The second-order valence-electron chi connectivity index (χ2n) is 4.47. The summed E-state index contributed by atoms with van der Waals surface area (Å²) in [4.78, 5) is 4.03. The van der Waals surface area contributed by atoms with Gasteiger partial charge in [-0.25, -0.2) is 18.1 Å². The third-order valence-electron chi connectivity index (χ3n) is 2.84. The van der Waals surface area contributed by atoms with E-state index in [1.54, 1.807) is 12.3 Å². The van der Waals surface area contributed by atoms with Gasteiger partial charge in [-0.15, -0.1) is 11.3 Å². The van der Waals surface area contributed by atoms with E-state index in [2.05, 4.69) is 16.6 Å². The minimum atomic E-state index is -3.48. The van der Waals surface area contributed by atoms with Crippen LogP contribution in [0.3, 0.4) is 0 Å². The minimum absolute atomic E-state index is 0.135. The Balaban J connectivity index is 2.93. The van der Waals surface area contributed by atoms with Crippen molar-refractivity contribution in [2.45, 2.75) is 57.5 Å². The summed E-state index contributed by atoms with van der Waals surface area (Å²) >= 11 is 1.35. The van der Waals surface area contributed by atoms with Gasteiger partial charge in [0.05, 0.1) is 5.01 Å². The Labute approximate surface area is 108 Å². The van der Waals surface area contributed by atoms with Crippen LogP contribution < -0.4 is 4.72 Å². The molecule has 17 heavy (non-hydrogen) atoms. The standard InChI is InChI=1S/C11H20N2O2S2/c1-5-7-11(4,6-2)13-17(14,15)10-8-16-9(3)12-10/h8,13H,5-7H2,1-4H3. The maximum atomic E-state index is 12.1. The highest BCUT2D eigenvalue weighted by Gasteiger charge is 2.29. The summed E-state index contributed by atoms with van der Waals surface area (Å²) in [7, 11) is -3.48. The normalized spacial score (nSPS) is 15.8. The lowest BCUT2D eigenvalue weighted by Crippen LogP contribution is -2.45. The Hall–Kier alpha value is -0.460. The lowest BCUT2D eigenvalue weighted by atomic mass is 9.95. The molecule has 1 atom stereocenters. The summed E-state index contributed by atoms with van der Waals surface area (Å²) in [5, 5.41) is 2.48. The van der Waals surface area contributed by atoms with Crippen LogP contribution in [0.15, 0.2) is 10.4 Å². The second kappa shape index (κ2) is 5.46. The highest BCUT2D eigenvalue weighted by Crippen LogP contribution is 2.21. The molecule has 98 valence electrons. The molecule has 0 radical (unpaired) electrons. The molecule has 1 aromatic heterocycles. The van der Waals surface area contributed by atoms with Crippen molar-refractivity contribution in [2.24, 2.45) is 0 Å². The number of aromatic nitrogens is 1. The van der Waals surface area contributed by atoms with Crippen LogP contribution in [0.4, 0.5) is 0 Å². The van der Waals surface area contributed by atoms with Crippen molar-refractivity contribution in [3.05, 3.63) is 10.4 Å². The fraction of sp³-hybridized carbons (Fsp3) is 0.727. The van der Waals surface area contributed by atoms with Gasteiger partial charge in [0.25, 0.3) is 10.0 Å². The molecule has 0 spiro atoms. The number of hydrogen-bond donors (Lipinski definition) is 1. The van der Waals surface area contributed by atoms with Crippen LogP contribution in [0.5, 0.6) is 0 Å². The second-order valence-corrected chi connectivity index (χ2v) is 7.17. The molecule has 0 saturated heterocycles. The van der Waals surface area contributed by atoms with E-state index in [0.717, 1.165) is 24.3 Å². The lowest BCUT2D eigenvalue weighted by Gasteiger charge is -2.28. The predicted octanol–water partition coefficient (Wildman–Crippen LogP) is 2.70. The zero-order chi connectivity index (χ0) is 13.1. The van der Waals surface area contributed by atoms with Crippen molar-refractivity contribution >= 4 is 21.4 Å². The number of thiazole rings is 1. The molecule has 0 aromatic carbocycles. The van der Waals surface area contributed by atoms with Crippen LogP contribution >= 0.6 is 11.3 Å². The molecule has 4 nitrogen and oxygen atoms in total. The SMILES string of the molecule is CCCC(C)(CC)NS(=O)(=O)c1csc(C)n1. The number of rotatable bonds is 6. The summed E-state index contributed by atoms with van der Waals surface area (Å²) in [6.45, 7) is 7.78. The lowest BCUT2D eigenvalue weighted by molar-refractivity contribution is 0.369. The molecule has 0 aliphatic rings. The summed E-state index contributed by atoms with van der Waals surface area (Å²) < 4.78 is 27.0. The van der Waals surface area contributed by atoms with Crippen molar-refractivity contribution in [3.63, 3.8) is 0 Å². The van der Waals surface area contributed by atoms with Crippen LogP contribution in [0, 0.1) is 6.92 Å². The summed E-state index contributed by atoms with van der Waals surface area (Å²) in [6, 6.07) is 0. The molecule has 1 heterocycles. The number of aryl methyl sites for hydroxylation is 1. The monoisotopic (exact) mass is 276 g/mol. The molecule has 0 saturated carbocycles. The summed E-state index contributed by atoms with van der Waals surface area (Å²) in [5.41, 5.74) is -0.384. The molecule has 1 unspecified atom stereocenters. The largest absolute Gasteiger partial charge is 0.259 e. The van der Waals surface area contributed by atoms with E-state index in [4.69, 9.17) is 0 Å². The fourth-order valence-corrected chi connectivity index (χ4v) is 4.14. The van der Waals surface area contributed by atoms with Gasteiger partial charge in [-0.1, -0.05) is 20.3 Å². The smallest absolute Gasteiger partial charge is 0.229 e. The van der Waals surface area contributed by atoms with Crippen molar-refractivity contribution in [2.75, 3.05) is 0 Å². The van der Waals surface area contributed by atoms with Gasteiger partial charge in [0, 0.05) is 10.9 Å². The van der Waals surface area contributed by atoms with Crippen LogP contribution in [-0.2, 0) is 10.0 Å². The van der Waals surface area contributed by atoms with Crippen molar-refractivity contribution in [1.82, 2.24) is 9.71 Å². The van der Waals surface area contributed by atoms with Crippen LogP contribution in [0.2, 0.25) is 0 Å². The molecule has 6 heteroatoms. The fourth-order valence-electron chi connectivity index (χ4n) is 1.70. The molecule has 0 aliphatic carbocycles. The maximum Gasteiger partial charge on any atom is 0.259 e. The van der Waals surface area contributed by atoms with E-state index in [-0.39, 0.29) is 10.6 Å². The van der Waals surface area contributed by atoms with Gasteiger partial charge in [0.2, 0.25) is 0 Å². The summed E-state index contributed by atoms with van der Waals surface area (Å²) in [5.74, 6) is 0. The van der Waals surface area contributed by atoms with Gasteiger partial charge in [0.1, 0.15) is 0 Å². The Bertz CT molecular complexity index is 468. The molecule has 0 amide bonds. The Morgan fingerprint density at radius 2 is 2.12 bits per heavy atom. The molecule has 1 N–H and O–H groups in total. The Morgan fingerprint density at radius 3 is 2.53 bits per heavy atom. The Morgan fingerprint density at radius 1 is 1.47 bits per heavy atom. The van der Waals surface area contributed by atoms with Crippen LogP contribution in [-0.4, -0.2) is 18.9 Å². The molecule has 0 bridgehead atoms. The van der Waals surface area contributed by atoms with Crippen molar-refractivity contribution in [1.29, 1.82) is 0 Å². The van der Waals surface area contributed by atoms with Crippen molar-refractivity contribution < 1.29 is 8.42 Å². The zero-order valence-corrected chi connectivity index (χ0v) is 12.4. The first kappa shape index (κ1) is 14.6. The van der Waals surface area contributed by atoms with E-state index in [9.17, 15) is 8.42 Å². The first-order valence-corrected chi connectivity index (χ1v) is 8.15. The minimum Gasteiger partial charge on any atom is -0.229 e. The van der Waals surface area contributed by atoms with Gasteiger partial charge < -0.3 is 0 Å². The highest BCUT2D eigenvalue weighted by atomic mass is 32.2. The third kappa shape index (κ3) is 3.76.